The van der Waals surface area contributed by atoms with Crippen LogP contribution < -0.4 is 0 Å². The molecule has 0 aliphatic heterocycles. The number of para-hydroxylation sites is 4. The van der Waals surface area contributed by atoms with E-state index in [1.807, 2.05) is 42.5 Å². The largest absolute Gasteiger partial charge is 0.456 e. The van der Waals surface area contributed by atoms with Crippen LogP contribution in [0.5, 0.6) is 0 Å². The van der Waals surface area contributed by atoms with E-state index < -0.39 is 0 Å². The van der Waals surface area contributed by atoms with Gasteiger partial charge in [0.2, 0.25) is 0 Å². The molecule has 0 unspecified atom stereocenters. The Morgan fingerprint density at radius 1 is 0.382 bits per heavy atom. The molecule has 12 rings (SSSR count). The van der Waals surface area contributed by atoms with Gasteiger partial charge in [-0.3, -0.25) is 0 Å². The number of hydrogen-bond donors (Lipinski definition) is 0. The zero-order chi connectivity index (χ0) is 36.0. The second kappa shape index (κ2) is 11.5. The fourth-order valence-electron chi connectivity index (χ4n) is 8.41. The molecule has 4 aromatic heterocycles. The average Bonchev–Trinajstić information content (AvgIpc) is 3.93. The standard InChI is InChI=1S/C49H28N4O2/c1-2-14-31-29(12-1)13-9-19-35(31)48-50-47(51-49(52-48)37-20-11-25-44-45(37)36-17-5-8-24-42(36)54-44)30-26-27-43-38(28-30)34-18-10-23-41(46(34)55-43)53-39-21-6-3-15-32(39)33-16-4-7-22-40(33)53/h1-28H. The summed E-state index contributed by atoms with van der Waals surface area (Å²) in [5.74, 6) is 1.76. The van der Waals surface area contributed by atoms with Gasteiger partial charge in [-0.1, -0.05) is 121 Å². The van der Waals surface area contributed by atoms with Crippen LogP contribution in [0.4, 0.5) is 0 Å². The van der Waals surface area contributed by atoms with E-state index in [4.69, 9.17) is 23.8 Å². The Morgan fingerprint density at radius 2 is 0.964 bits per heavy atom. The number of nitrogens with zero attached hydrogens (tertiary/aromatic N) is 4. The highest BCUT2D eigenvalue weighted by atomic mass is 16.3. The summed E-state index contributed by atoms with van der Waals surface area (Å²) in [5, 5.41) is 8.63. The van der Waals surface area contributed by atoms with Crippen LogP contribution in [-0.4, -0.2) is 19.5 Å². The van der Waals surface area contributed by atoms with Crippen LogP contribution >= 0.6 is 0 Å². The van der Waals surface area contributed by atoms with Crippen molar-refractivity contribution in [3.8, 4) is 39.9 Å². The van der Waals surface area contributed by atoms with E-state index in [9.17, 15) is 0 Å². The predicted molar refractivity (Wildman–Crippen MR) is 223 cm³/mol. The molecule has 0 spiro atoms. The average molecular weight is 705 g/mol. The molecule has 0 amide bonds. The molecule has 0 radical (unpaired) electrons. The Balaban J connectivity index is 1.10. The van der Waals surface area contributed by atoms with Crippen molar-refractivity contribution in [2.75, 3.05) is 0 Å². The molecule has 0 bridgehead atoms. The second-order valence-electron chi connectivity index (χ2n) is 13.9. The van der Waals surface area contributed by atoms with Gasteiger partial charge in [-0.25, -0.2) is 15.0 Å². The van der Waals surface area contributed by atoms with Crippen LogP contribution in [0.2, 0.25) is 0 Å². The van der Waals surface area contributed by atoms with Crippen molar-refractivity contribution in [2.24, 2.45) is 0 Å². The molecule has 6 heteroatoms. The van der Waals surface area contributed by atoms with Gasteiger partial charge in [-0.15, -0.1) is 0 Å². The van der Waals surface area contributed by atoms with Crippen molar-refractivity contribution in [1.82, 2.24) is 19.5 Å². The molecule has 0 N–H and O–H groups in total. The van der Waals surface area contributed by atoms with E-state index in [2.05, 4.69) is 132 Å². The first-order chi connectivity index (χ1) is 27.3. The van der Waals surface area contributed by atoms with Crippen molar-refractivity contribution in [2.45, 2.75) is 0 Å². The van der Waals surface area contributed by atoms with Gasteiger partial charge in [0.15, 0.2) is 23.1 Å². The first-order valence-corrected chi connectivity index (χ1v) is 18.4. The normalized spacial score (nSPS) is 12.0. The van der Waals surface area contributed by atoms with Gasteiger partial charge in [0.05, 0.1) is 16.7 Å². The zero-order valence-corrected chi connectivity index (χ0v) is 29.3. The van der Waals surface area contributed by atoms with Crippen molar-refractivity contribution in [3.63, 3.8) is 0 Å². The highest BCUT2D eigenvalue weighted by Gasteiger charge is 2.21. The number of aromatic nitrogens is 4. The zero-order valence-electron chi connectivity index (χ0n) is 29.3. The SMILES string of the molecule is c1ccc2c(-c3nc(-c4ccc5oc6c(-n7c8ccccc8c8ccccc87)cccc6c5c4)nc(-c4cccc5oc6ccccc6c45)n3)cccc2c1. The van der Waals surface area contributed by atoms with Crippen molar-refractivity contribution >= 4 is 76.5 Å². The smallest absolute Gasteiger partial charge is 0.164 e. The van der Waals surface area contributed by atoms with Crippen LogP contribution in [-0.2, 0) is 0 Å². The summed E-state index contributed by atoms with van der Waals surface area (Å²) in [4.78, 5) is 15.6. The quantitative estimate of drug-likeness (QED) is 0.182. The van der Waals surface area contributed by atoms with Crippen LogP contribution in [0.25, 0.3) is 116 Å². The fourth-order valence-corrected chi connectivity index (χ4v) is 8.41. The van der Waals surface area contributed by atoms with Gasteiger partial charge in [0.25, 0.3) is 0 Å². The van der Waals surface area contributed by atoms with Crippen molar-refractivity contribution < 1.29 is 8.83 Å². The minimum atomic E-state index is 0.576. The number of benzene rings is 8. The third-order valence-electron chi connectivity index (χ3n) is 10.9. The summed E-state index contributed by atoms with van der Waals surface area (Å²) in [6.07, 6.45) is 0. The summed E-state index contributed by atoms with van der Waals surface area (Å²) >= 11 is 0. The second-order valence-corrected chi connectivity index (χ2v) is 13.9. The van der Waals surface area contributed by atoms with Gasteiger partial charge < -0.3 is 13.4 Å². The molecule has 6 nitrogen and oxygen atoms in total. The molecular formula is C49H28N4O2. The minimum absolute atomic E-state index is 0.576. The molecular weight excluding hydrogens is 677 g/mol. The molecule has 12 aromatic rings. The number of rotatable bonds is 4. The van der Waals surface area contributed by atoms with E-state index in [1.165, 1.54) is 10.8 Å². The number of furan rings is 2. The lowest BCUT2D eigenvalue weighted by Gasteiger charge is -2.11. The first kappa shape index (κ1) is 29.9. The molecule has 0 fully saturated rings. The van der Waals surface area contributed by atoms with Gasteiger partial charge in [-0.05, 0) is 59.3 Å². The summed E-state index contributed by atoms with van der Waals surface area (Å²) in [6, 6.07) is 58.5. The summed E-state index contributed by atoms with van der Waals surface area (Å²) in [6.45, 7) is 0. The first-order valence-electron chi connectivity index (χ1n) is 18.4. The molecule has 0 saturated carbocycles. The lowest BCUT2D eigenvalue weighted by atomic mass is 10.0. The Morgan fingerprint density at radius 3 is 1.80 bits per heavy atom. The molecule has 8 aromatic carbocycles. The highest BCUT2D eigenvalue weighted by molar-refractivity contribution is 6.14. The molecule has 256 valence electrons. The monoisotopic (exact) mass is 704 g/mol. The molecule has 4 heterocycles. The van der Waals surface area contributed by atoms with Gasteiger partial charge in [0, 0.05) is 49.0 Å². The third-order valence-corrected chi connectivity index (χ3v) is 10.9. The predicted octanol–water partition coefficient (Wildman–Crippen LogP) is 12.9. The van der Waals surface area contributed by atoms with E-state index >= 15 is 0 Å². The molecule has 0 aliphatic rings. The maximum absolute atomic E-state index is 6.73. The van der Waals surface area contributed by atoms with Crippen LogP contribution in [0.1, 0.15) is 0 Å². The summed E-state index contributed by atoms with van der Waals surface area (Å²) in [7, 11) is 0. The van der Waals surface area contributed by atoms with Gasteiger partial charge >= 0.3 is 0 Å². The van der Waals surface area contributed by atoms with Crippen molar-refractivity contribution in [3.05, 3.63) is 170 Å². The van der Waals surface area contributed by atoms with E-state index in [0.717, 1.165) is 88.1 Å². The topological polar surface area (TPSA) is 69.9 Å². The van der Waals surface area contributed by atoms with Crippen LogP contribution in [0, 0.1) is 0 Å². The molecule has 0 saturated heterocycles. The Kier molecular flexibility index (Phi) is 6.24. The maximum Gasteiger partial charge on any atom is 0.164 e. The lowest BCUT2D eigenvalue weighted by Crippen LogP contribution is -2.00. The Labute approximate surface area is 313 Å². The number of hydrogen-bond acceptors (Lipinski definition) is 5. The molecule has 0 atom stereocenters. The highest BCUT2D eigenvalue weighted by Crippen LogP contribution is 2.40. The third kappa shape index (κ3) is 4.46. The summed E-state index contributed by atoms with van der Waals surface area (Å²) < 4.78 is 15.3. The lowest BCUT2D eigenvalue weighted by molar-refractivity contribution is 0.666. The Hall–Kier alpha value is -7.57. The van der Waals surface area contributed by atoms with Crippen LogP contribution in [0.3, 0.4) is 0 Å². The van der Waals surface area contributed by atoms with Gasteiger partial charge in [0.1, 0.15) is 16.7 Å². The molecule has 55 heavy (non-hydrogen) atoms. The van der Waals surface area contributed by atoms with Gasteiger partial charge in [-0.2, -0.15) is 0 Å². The van der Waals surface area contributed by atoms with E-state index in [1.54, 1.807) is 0 Å². The van der Waals surface area contributed by atoms with E-state index in [0.29, 0.717) is 17.5 Å². The van der Waals surface area contributed by atoms with E-state index in [-0.39, 0.29) is 0 Å². The molecule has 0 aliphatic carbocycles. The van der Waals surface area contributed by atoms with Crippen molar-refractivity contribution in [1.29, 1.82) is 0 Å². The maximum atomic E-state index is 6.73. The fraction of sp³-hybridized carbons (Fsp3) is 0. The Bertz CT molecular complexity index is 3460. The summed E-state index contributed by atoms with van der Waals surface area (Å²) in [5.41, 5.74) is 9.20. The van der Waals surface area contributed by atoms with Crippen LogP contribution in [0.15, 0.2) is 179 Å². The minimum Gasteiger partial charge on any atom is -0.456 e. The number of fused-ring (bicyclic) bond motifs is 10.